The second kappa shape index (κ2) is 7.55. The highest BCUT2D eigenvalue weighted by Gasteiger charge is 2.28. The zero-order valence-electron chi connectivity index (χ0n) is 15.6. The molecular formula is C22H16O7. The molecule has 4 rings (SSSR count). The summed E-state index contributed by atoms with van der Waals surface area (Å²) >= 11 is 0. The molecule has 1 aliphatic rings. The summed E-state index contributed by atoms with van der Waals surface area (Å²) < 4.78 is 26.6. The van der Waals surface area contributed by atoms with Gasteiger partial charge < -0.3 is 23.4 Å². The van der Waals surface area contributed by atoms with E-state index in [1.807, 2.05) is 0 Å². The van der Waals surface area contributed by atoms with Gasteiger partial charge in [0.25, 0.3) is 0 Å². The molecule has 0 bridgehead atoms. The first-order valence-electron chi connectivity index (χ1n) is 8.65. The van der Waals surface area contributed by atoms with Crippen molar-refractivity contribution < 1.29 is 33.0 Å². The molecule has 2 aromatic carbocycles. The van der Waals surface area contributed by atoms with Gasteiger partial charge in [-0.3, -0.25) is 4.79 Å². The van der Waals surface area contributed by atoms with Gasteiger partial charge in [-0.15, -0.1) is 0 Å². The Kier molecular flexibility index (Phi) is 4.78. The van der Waals surface area contributed by atoms with E-state index >= 15 is 0 Å². The van der Waals surface area contributed by atoms with E-state index in [1.54, 1.807) is 36.4 Å². The molecule has 1 aliphatic heterocycles. The molecule has 7 nitrogen and oxygen atoms in total. The third-order valence-electron chi connectivity index (χ3n) is 4.29. The van der Waals surface area contributed by atoms with Crippen LogP contribution in [0.2, 0.25) is 0 Å². The first-order valence-corrected chi connectivity index (χ1v) is 8.65. The number of esters is 1. The van der Waals surface area contributed by atoms with Crippen LogP contribution in [0.25, 0.3) is 6.08 Å². The topological polar surface area (TPSA) is 84.2 Å². The van der Waals surface area contributed by atoms with E-state index < -0.39 is 5.97 Å². The van der Waals surface area contributed by atoms with Crippen LogP contribution in [0, 0.1) is 0 Å². The number of carbonyl (C=O) groups is 2. The molecule has 0 atom stereocenters. The van der Waals surface area contributed by atoms with Crippen LogP contribution in [0.4, 0.5) is 0 Å². The fourth-order valence-electron chi connectivity index (χ4n) is 2.95. The van der Waals surface area contributed by atoms with Crippen LogP contribution in [0.1, 0.15) is 26.5 Å². The van der Waals surface area contributed by atoms with Crippen molar-refractivity contribution in [2.24, 2.45) is 0 Å². The fraction of sp³-hybridized carbons (Fsp3) is 0.0909. The minimum Gasteiger partial charge on any atom is -0.493 e. The molecule has 0 fully saturated rings. The third-order valence-corrected chi connectivity index (χ3v) is 4.29. The lowest BCUT2D eigenvalue weighted by Crippen LogP contribution is -2.07. The number of hydrogen-bond acceptors (Lipinski definition) is 7. The van der Waals surface area contributed by atoms with Crippen LogP contribution in [0.5, 0.6) is 23.0 Å². The molecule has 0 amide bonds. The van der Waals surface area contributed by atoms with Gasteiger partial charge in [0.15, 0.2) is 17.3 Å². The molecule has 0 aliphatic carbocycles. The molecule has 0 radical (unpaired) electrons. The lowest BCUT2D eigenvalue weighted by atomic mass is 10.1. The smallest absolute Gasteiger partial charge is 0.379 e. The summed E-state index contributed by atoms with van der Waals surface area (Å²) in [5.74, 6) is 0.838. The first-order chi connectivity index (χ1) is 14.1. The molecule has 29 heavy (non-hydrogen) atoms. The van der Waals surface area contributed by atoms with Crippen LogP contribution in [0.15, 0.2) is 65.0 Å². The van der Waals surface area contributed by atoms with Crippen LogP contribution < -0.4 is 18.9 Å². The molecular weight excluding hydrogens is 376 g/mol. The number of furan rings is 1. The summed E-state index contributed by atoms with van der Waals surface area (Å²) in [4.78, 5) is 24.7. The van der Waals surface area contributed by atoms with E-state index in [9.17, 15) is 9.59 Å². The maximum absolute atomic E-state index is 12.7. The highest BCUT2D eigenvalue weighted by molar-refractivity contribution is 6.14. The SMILES string of the molecule is COc1cccc(C=C2Oc3cc(OC(=O)c4ccco4)ccc3C2=O)c1OC. The minimum atomic E-state index is -0.642. The van der Waals surface area contributed by atoms with Crippen molar-refractivity contribution in [2.75, 3.05) is 14.2 Å². The minimum absolute atomic E-state index is 0.0770. The summed E-state index contributed by atoms with van der Waals surface area (Å²) in [6, 6.07) is 13.0. The zero-order chi connectivity index (χ0) is 20.4. The number of fused-ring (bicyclic) bond motifs is 1. The lowest BCUT2D eigenvalue weighted by molar-refractivity contribution is 0.0701. The molecule has 0 saturated carbocycles. The van der Waals surface area contributed by atoms with Crippen molar-refractivity contribution in [3.05, 3.63) is 77.4 Å². The van der Waals surface area contributed by atoms with Crippen molar-refractivity contribution in [1.29, 1.82) is 0 Å². The van der Waals surface area contributed by atoms with E-state index in [-0.39, 0.29) is 23.1 Å². The van der Waals surface area contributed by atoms with E-state index in [0.29, 0.717) is 28.4 Å². The van der Waals surface area contributed by atoms with E-state index in [2.05, 4.69) is 0 Å². The van der Waals surface area contributed by atoms with Gasteiger partial charge in [-0.2, -0.15) is 0 Å². The molecule has 0 saturated heterocycles. The lowest BCUT2D eigenvalue weighted by Gasteiger charge is -2.10. The van der Waals surface area contributed by atoms with Crippen LogP contribution in [-0.4, -0.2) is 26.0 Å². The van der Waals surface area contributed by atoms with Gasteiger partial charge in [-0.1, -0.05) is 12.1 Å². The summed E-state index contributed by atoms with van der Waals surface area (Å²) in [6.45, 7) is 0. The monoisotopic (exact) mass is 392 g/mol. The van der Waals surface area contributed by atoms with Crippen molar-refractivity contribution in [1.82, 2.24) is 0 Å². The van der Waals surface area contributed by atoms with Crippen LogP contribution in [-0.2, 0) is 0 Å². The highest BCUT2D eigenvalue weighted by atomic mass is 16.5. The molecule has 0 N–H and O–H groups in total. The van der Waals surface area contributed by atoms with Crippen molar-refractivity contribution >= 4 is 17.8 Å². The van der Waals surface area contributed by atoms with E-state index in [1.165, 1.54) is 38.7 Å². The van der Waals surface area contributed by atoms with E-state index in [4.69, 9.17) is 23.4 Å². The molecule has 0 unspecified atom stereocenters. The quantitative estimate of drug-likeness (QED) is 0.367. The number of para-hydroxylation sites is 1. The third kappa shape index (κ3) is 3.45. The molecule has 0 spiro atoms. The Morgan fingerprint density at radius 3 is 2.62 bits per heavy atom. The molecule has 146 valence electrons. The fourth-order valence-corrected chi connectivity index (χ4v) is 2.95. The second-order valence-corrected chi connectivity index (χ2v) is 6.05. The van der Waals surface area contributed by atoms with Crippen molar-refractivity contribution in [2.45, 2.75) is 0 Å². The Morgan fingerprint density at radius 2 is 1.90 bits per heavy atom. The number of benzene rings is 2. The number of ketones is 1. The normalized spacial score (nSPS) is 13.7. The molecule has 1 aromatic heterocycles. The predicted molar refractivity (Wildman–Crippen MR) is 103 cm³/mol. The molecule has 3 aromatic rings. The van der Waals surface area contributed by atoms with Gasteiger partial charge >= 0.3 is 5.97 Å². The standard InChI is InChI=1S/C22H16O7/c1-25-16-6-3-5-13(21(16)26-2)11-19-20(23)15-9-8-14(12-18(15)29-19)28-22(24)17-7-4-10-27-17/h3-12H,1-2H3. The number of ether oxygens (including phenoxy) is 4. The molecule has 7 heteroatoms. The van der Waals surface area contributed by atoms with Crippen molar-refractivity contribution in [3.8, 4) is 23.0 Å². The Morgan fingerprint density at radius 1 is 1.03 bits per heavy atom. The molecule has 2 heterocycles. The van der Waals surface area contributed by atoms with Gasteiger partial charge in [0.05, 0.1) is 26.0 Å². The number of allylic oxidation sites excluding steroid dienone is 1. The zero-order valence-corrected chi connectivity index (χ0v) is 15.6. The average Bonchev–Trinajstić information content (AvgIpc) is 3.37. The van der Waals surface area contributed by atoms with Crippen LogP contribution in [0.3, 0.4) is 0 Å². The number of rotatable bonds is 5. The Hall–Kier alpha value is -4.00. The Labute approximate surface area is 166 Å². The van der Waals surface area contributed by atoms with Crippen molar-refractivity contribution in [3.63, 3.8) is 0 Å². The van der Waals surface area contributed by atoms with Gasteiger partial charge in [0, 0.05) is 11.6 Å². The predicted octanol–water partition coefficient (Wildman–Crippen LogP) is 4.13. The summed E-state index contributed by atoms with van der Waals surface area (Å²) in [7, 11) is 3.05. The first kappa shape index (κ1) is 18.4. The number of Topliss-reactive ketones (excluding diaryl/α,β-unsaturated/α-hetero) is 1. The average molecular weight is 392 g/mol. The van der Waals surface area contributed by atoms with Gasteiger partial charge in [-0.05, 0) is 36.4 Å². The second-order valence-electron chi connectivity index (χ2n) is 6.05. The number of carbonyl (C=O) groups excluding carboxylic acids is 2. The maximum Gasteiger partial charge on any atom is 0.379 e. The van der Waals surface area contributed by atoms with Gasteiger partial charge in [-0.25, -0.2) is 4.79 Å². The number of hydrogen-bond donors (Lipinski definition) is 0. The van der Waals surface area contributed by atoms with E-state index in [0.717, 1.165) is 0 Å². The summed E-state index contributed by atoms with van der Waals surface area (Å²) in [5, 5.41) is 0. The Balaban J connectivity index is 1.60. The number of methoxy groups -OCH3 is 2. The maximum atomic E-state index is 12.7. The summed E-state index contributed by atoms with van der Waals surface area (Å²) in [6.07, 6.45) is 2.96. The Bertz CT molecular complexity index is 1110. The van der Waals surface area contributed by atoms with Crippen LogP contribution >= 0.6 is 0 Å². The largest absolute Gasteiger partial charge is 0.493 e. The summed E-state index contributed by atoms with van der Waals surface area (Å²) in [5.41, 5.74) is 1.00. The highest BCUT2D eigenvalue weighted by Crippen LogP contribution is 2.37. The van der Waals surface area contributed by atoms with Gasteiger partial charge in [0.2, 0.25) is 11.5 Å². The van der Waals surface area contributed by atoms with Gasteiger partial charge in [0.1, 0.15) is 11.5 Å².